The Labute approximate surface area is 95.9 Å². The molecule has 1 aromatic rings. The van der Waals surface area contributed by atoms with Crippen molar-refractivity contribution >= 4 is 11.4 Å². The molecule has 0 fully saturated rings. The van der Waals surface area contributed by atoms with E-state index in [0.717, 1.165) is 17.7 Å². The highest BCUT2D eigenvalue weighted by atomic mass is 16.5. The van der Waals surface area contributed by atoms with Crippen LogP contribution in [0.4, 0.5) is 0 Å². The lowest BCUT2D eigenvalue weighted by molar-refractivity contribution is -0.118. The first-order valence-corrected chi connectivity index (χ1v) is 5.74. The van der Waals surface area contributed by atoms with E-state index in [9.17, 15) is 4.79 Å². The molecule has 0 aliphatic heterocycles. The Morgan fingerprint density at radius 3 is 2.75 bits per heavy atom. The smallest absolute Gasteiger partial charge is 0.137 e. The highest BCUT2D eigenvalue weighted by Crippen LogP contribution is 2.31. The number of allylic oxidation sites excluding steroid dienone is 2. The molecule has 0 N–H and O–H groups in total. The second-order valence-electron chi connectivity index (χ2n) is 3.90. The van der Waals surface area contributed by atoms with Crippen LogP contribution in [-0.2, 0) is 4.79 Å². The van der Waals surface area contributed by atoms with Crippen molar-refractivity contribution in [3.05, 3.63) is 35.9 Å². The summed E-state index contributed by atoms with van der Waals surface area (Å²) in [6, 6.07) is 8.03. The predicted octanol–water partition coefficient (Wildman–Crippen LogP) is 3.22. The van der Waals surface area contributed by atoms with Crippen molar-refractivity contribution in [3.8, 4) is 5.75 Å². The summed E-state index contributed by atoms with van der Waals surface area (Å²) in [6.07, 6.45) is 4.09. The topological polar surface area (TPSA) is 26.3 Å². The second-order valence-corrected chi connectivity index (χ2v) is 3.90. The number of ether oxygens (including phenoxy) is 1. The molecule has 0 spiro atoms. The third-order valence-electron chi connectivity index (χ3n) is 2.78. The standard InChI is InChI=1S/C14H16O2/c1-2-16-14-6-4-3-5-13(14)11-7-9-12(15)10-8-11/h3-7H,2,8-10H2,1H3. The van der Waals surface area contributed by atoms with Gasteiger partial charge in [0, 0.05) is 18.4 Å². The first kappa shape index (κ1) is 10.9. The van der Waals surface area contributed by atoms with Crippen molar-refractivity contribution in [2.75, 3.05) is 6.61 Å². The van der Waals surface area contributed by atoms with E-state index >= 15 is 0 Å². The molecule has 0 heterocycles. The third-order valence-corrected chi connectivity index (χ3v) is 2.78. The molecule has 0 bridgehead atoms. The maximum absolute atomic E-state index is 11.2. The van der Waals surface area contributed by atoms with Crippen LogP contribution < -0.4 is 4.74 Å². The highest BCUT2D eigenvalue weighted by molar-refractivity contribution is 5.87. The van der Waals surface area contributed by atoms with E-state index < -0.39 is 0 Å². The Balaban J connectivity index is 2.29. The number of carbonyl (C=O) groups is 1. The van der Waals surface area contributed by atoms with Crippen LogP contribution in [0.2, 0.25) is 0 Å². The molecule has 2 heteroatoms. The maximum atomic E-state index is 11.2. The molecular weight excluding hydrogens is 200 g/mol. The number of rotatable bonds is 3. The minimum Gasteiger partial charge on any atom is -0.493 e. The minimum atomic E-state index is 0.331. The molecule has 0 amide bonds. The summed E-state index contributed by atoms with van der Waals surface area (Å²) in [7, 11) is 0. The zero-order valence-corrected chi connectivity index (χ0v) is 9.53. The highest BCUT2D eigenvalue weighted by Gasteiger charge is 2.14. The second kappa shape index (κ2) is 4.97. The number of ketones is 1. The van der Waals surface area contributed by atoms with Crippen molar-refractivity contribution in [3.63, 3.8) is 0 Å². The molecule has 2 nitrogen and oxygen atoms in total. The van der Waals surface area contributed by atoms with Crippen molar-refractivity contribution in [1.82, 2.24) is 0 Å². The van der Waals surface area contributed by atoms with Crippen molar-refractivity contribution in [2.24, 2.45) is 0 Å². The summed E-state index contributed by atoms with van der Waals surface area (Å²) in [5.41, 5.74) is 2.38. The van der Waals surface area contributed by atoms with Gasteiger partial charge in [0.05, 0.1) is 6.61 Å². The fourth-order valence-corrected chi connectivity index (χ4v) is 1.97. The van der Waals surface area contributed by atoms with Gasteiger partial charge in [-0.25, -0.2) is 0 Å². The van der Waals surface area contributed by atoms with Gasteiger partial charge in [0.1, 0.15) is 11.5 Å². The van der Waals surface area contributed by atoms with Crippen LogP contribution in [0, 0.1) is 0 Å². The molecule has 2 rings (SSSR count). The molecule has 84 valence electrons. The quantitative estimate of drug-likeness (QED) is 0.775. The third kappa shape index (κ3) is 2.32. The average Bonchev–Trinajstić information content (AvgIpc) is 2.32. The lowest BCUT2D eigenvalue weighted by Gasteiger charge is -2.15. The summed E-state index contributed by atoms with van der Waals surface area (Å²) in [4.78, 5) is 11.2. The molecule has 0 saturated carbocycles. The maximum Gasteiger partial charge on any atom is 0.137 e. The summed E-state index contributed by atoms with van der Waals surface area (Å²) in [5.74, 6) is 1.25. The summed E-state index contributed by atoms with van der Waals surface area (Å²) in [5, 5.41) is 0. The largest absolute Gasteiger partial charge is 0.493 e. The van der Waals surface area contributed by atoms with E-state index in [1.165, 1.54) is 5.57 Å². The SMILES string of the molecule is CCOc1ccccc1C1=CCC(=O)CC1. The van der Waals surface area contributed by atoms with Gasteiger partial charge >= 0.3 is 0 Å². The normalized spacial score (nSPS) is 15.8. The molecule has 1 aromatic carbocycles. The minimum absolute atomic E-state index is 0.331. The van der Waals surface area contributed by atoms with Crippen molar-refractivity contribution < 1.29 is 9.53 Å². The van der Waals surface area contributed by atoms with Gasteiger partial charge in [0.15, 0.2) is 0 Å². The van der Waals surface area contributed by atoms with Crippen molar-refractivity contribution in [1.29, 1.82) is 0 Å². The van der Waals surface area contributed by atoms with Crippen LogP contribution >= 0.6 is 0 Å². The number of Topliss-reactive ketones (excluding diaryl/α,β-unsaturated/α-hetero) is 1. The molecule has 0 saturated heterocycles. The fourth-order valence-electron chi connectivity index (χ4n) is 1.97. The van der Waals surface area contributed by atoms with Gasteiger partial charge in [-0.2, -0.15) is 0 Å². The average molecular weight is 216 g/mol. The predicted molar refractivity (Wildman–Crippen MR) is 64.4 cm³/mol. The van der Waals surface area contributed by atoms with Gasteiger partial charge in [0.25, 0.3) is 0 Å². The van der Waals surface area contributed by atoms with Crippen LogP contribution in [0.25, 0.3) is 5.57 Å². The molecule has 0 aromatic heterocycles. The number of hydrogen-bond donors (Lipinski definition) is 0. The zero-order valence-electron chi connectivity index (χ0n) is 9.53. The lowest BCUT2D eigenvalue weighted by atomic mass is 9.92. The monoisotopic (exact) mass is 216 g/mol. The Morgan fingerprint density at radius 1 is 1.25 bits per heavy atom. The molecular formula is C14H16O2. The molecule has 1 aliphatic carbocycles. The van der Waals surface area contributed by atoms with E-state index in [4.69, 9.17) is 4.74 Å². The van der Waals surface area contributed by atoms with E-state index in [1.54, 1.807) is 0 Å². The lowest BCUT2D eigenvalue weighted by Crippen LogP contribution is -2.04. The summed E-state index contributed by atoms with van der Waals surface area (Å²) < 4.78 is 5.59. The first-order chi connectivity index (χ1) is 7.81. The van der Waals surface area contributed by atoms with Crippen LogP contribution in [0.15, 0.2) is 30.3 Å². The van der Waals surface area contributed by atoms with E-state index in [0.29, 0.717) is 25.2 Å². The van der Waals surface area contributed by atoms with E-state index in [2.05, 4.69) is 6.07 Å². The number of para-hydroxylation sites is 1. The number of hydrogen-bond acceptors (Lipinski definition) is 2. The van der Waals surface area contributed by atoms with Gasteiger partial charge < -0.3 is 4.74 Å². The number of carbonyl (C=O) groups excluding carboxylic acids is 1. The Kier molecular flexibility index (Phi) is 3.40. The summed E-state index contributed by atoms with van der Waals surface area (Å²) >= 11 is 0. The molecule has 16 heavy (non-hydrogen) atoms. The molecule has 0 atom stereocenters. The first-order valence-electron chi connectivity index (χ1n) is 5.74. The van der Waals surface area contributed by atoms with Gasteiger partial charge in [-0.1, -0.05) is 24.3 Å². The zero-order chi connectivity index (χ0) is 11.4. The van der Waals surface area contributed by atoms with Gasteiger partial charge in [0.2, 0.25) is 0 Å². The Bertz CT molecular complexity index is 418. The molecule has 0 radical (unpaired) electrons. The summed E-state index contributed by atoms with van der Waals surface area (Å²) in [6.45, 7) is 2.65. The van der Waals surface area contributed by atoms with E-state index in [-0.39, 0.29) is 0 Å². The fraction of sp³-hybridized carbons (Fsp3) is 0.357. The van der Waals surface area contributed by atoms with Crippen LogP contribution in [0.5, 0.6) is 5.75 Å². The van der Waals surface area contributed by atoms with Crippen LogP contribution in [0.1, 0.15) is 31.7 Å². The van der Waals surface area contributed by atoms with Gasteiger partial charge in [-0.15, -0.1) is 0 Å². The van der Waals surface area contributed by atoms with E-state index in [1.807, 2.05) is 31.2 Å². The van der Waals surface area contributed by atoms with Gasteiger partial charge in [-0.3, -0.25) is 4.79 Å². The molecule has 0 unspecified atom stereocenters. The number of benzene rings is 1. The Hall–Kier alpha value is -1.57. The van der Waals surface area contributed by atoms with Crippen LogP contribution in [-0.4, -0.2) is 12.4 Å². The molecule has 1 aliphatic rings. The Morgan fingerprint density at radius 2 is 2.06 bits per heavy atom. The van der Waals surface area contributed by atoms with Gasteiger partial charge in [-0.05, 0) is 25.0 Å². The van der Waals surface area contributed by atoms with Crippen LogP contribution in [0.3, 0.4) is 0 Å². The van der Waals surface area contributed by atoms with Crippen molar-refractivity contribution in [2.45, 2.75) is 26.2 Å².